The van der Waals surface area contributed by atoms with Gasteiger partial charge in [0.05, 0.1) is 37.5 Å². The minimum atomic E-state index is -0.301. The van der Waals surface area contributed by atoms with E-state index >= 15 is 0 Å². The Hall–Kier alpha value is -1.33. The SMILES string of the molecule is OCC1(CNc2ccc(F)cc2OCC2CC2)COC1. The number of benzene rings is 1. The molecule has 0 bridgehead atoms. The number of anilines is 1. The molecular formula is C15H20FNO3. The van der Waals surface area contributed by atoms with Crippen LogP contribution < -0.4 is 10.1 Å². The van der Waals surface area contributed by atoms with Gasteiger partial charge in [0.2, 0.25) is 0 Å². The molecule has 0 radical (unpaired) electrons. The van der Waals surface area contributed by atoms with Gasteiger partial charge in [-0.15, -0.1) is 0 Å². The number of nitrogens with one attached hydrogen (secondary N) is 1. The molecule has 1 saturated carbocycles. The summed E-state index contributed by atoms with van der Waals surface area (Å²) in [6.45, 7) is 2.42. The minimum Gasteiger partial charge on any atom is -0.491 e. The van der Waals surface area contributed by atoms with E-state index in [0.29, 0.717) is 38.0 Å². The smallest absolute Gasteiger partial charge is 0.145 e. The molecule has 1 aliphatic heterocycles. The van der Waals surface area contributed by atoms with Crippen molar-refractivity contribution in [2.75, 3.05) is 38.3 Å². The zero-order valence-corrected chi connectivity index (χ0v) is 11.4. The lowest BCUT2D eigenvalue weighted by Crippen LogP contribution is -2.50. The van der Waals surface area contributed by atoms with Gasteiger partial charge in [-0.25, -0.2) is 4.39 Å². The first-order chi connectivity index (χ1) is 9.71. The predicted octanol–water partition coefficient (Wildman–Crippen LogP) is 2.04. The monoisotopic (exact) mass is 281 g/mol. The van der Waals surface area contributed by atoms with Crippen molar-refractivity contribution < 1.29 is 19.0 Å². The molecule has 1 aromatic rings. The number of halogens is 1. The molecule has 4 nitrogen and oxygen atoms in total. The second-order valence-electron chi connectivity index (χ2n) is 5.90. The first-order valence-electron chi connectivity index (χ1n) is 7.06. The van der Waals surface area contributed by atoms with Crippen LogP contribution in [0, 0.1) is 17.2 Å². The second-order valence-corrected chi connectivity index (χ2v) is 5.90. The van der Waals surface area contributed by atoms with Crippen LogP contribution in [0.15, 0.2) is 18.2 Å². The van der Waals surface area contributed by atoms with E-state index < -0.39 is 0 Å². The zero-order chi connectivity index (χ0) is 14.0. The summed E-state index contributed by atoms with van der Waals surface area (Å²) in [7, 11) is 0. The molecule has 2 aliphatic rings. The molecule has 2 N–H and O–H groups in total. The van der Waals surface area contributed by atoms with Crippen molar-refractivity contribution >= 4 is 5.69 Å². The van der Waals surface area contributed by atoms with E-state index in [1.54, 1.807) is 6.07 Å². The van der Waals surface area contributed by atoms with Crippen molar-refractivity contribution in [2.24, 2.45) is 11.3 Å². The average Bonchev–Trinajstić information content (AvgIpc) is 3.21. The standard InChI is InChI=1S/C15H20FNO3/c16-12-3-4-13(14(5-12)20-6-11-1-2-11)17-7-15(8-18)9-19-10-15/h3-5,11,17-18H,1-2,6-10H2. The van der Waals surface area contributed by atoms with Gasteiger partial charge in [-0.05, 0) is 30.9 Å². The Morgan fingerprint density at radius 1 is 1.40 bits per heavy atom. The summed E-state index contributed by atoms with van der Waals surface area (Å²) in [5.74, 6) is 0.866. The van der Waals surface area contributed by atoms with Crippen molar-refractivity contribution in [1.29, 1.82) is 0 Å². The maximum absolute atomic E-state index is 13.3. The van der Waals surface area contributed by atoms with Crippen LogP contribution in [-0.2, 0) is 4.74 Å². The highest BCUT2D eigenvalue weighted by atomic mass is 19.1. The minimum absolute atomic E-state index is 0.0828. The third kappa shape index (κ3) is 3.04. The van der Waals surface area contributed by atoms with Crippen LogP contribution in [0.2, 0.25) is 0 Å². The van der Waals surface area contributed by atoms with Gasteiger partial charge in [0.1, 0.15) is 11.6 Å². The summed E-state index contributed by atoms with van der Waals surface area (Å²) < 4.78 is 24.2. The summed E-state index contributed by atoms with van der Waals surface area (Å²) in [6, 6.07) is 4.50. The van der Waals surface area contributed by atoms with Gasteiger partial charge in [-0.1, -0.05) is 0 Å². The van der Waals surface area contributed by atoms with Crippen molar-refractivity contribution in [3.8, 4) is 5.75 Å². The van der Waals surface area contributed by atoms with E-state index in [4.69, 9.17) is 9.47 Å². The zero-order valence-electron chi connectivity index (χ0n) is 11.4. The molecule has 110 valence electrons. The summed E-state index contributed by atoms with van der Waals surface area (Å²) >= 11 is 0. The van der Waals surface area contributed by atoms with Gasteiger partial charge in [-0.2, -0.15) is 0 Å². The lowest BCUT2D eigenvalue weighted by atomic mass is 9.87. The van der Waals surface area contributed by atoms with Crippen molar-refractivity contribution in [1.82, 2.24) is 0 Å². The molecule has 1 saturated heterocycles. The summed E-state index contributed by atoms with van der Waals surface area (Å²) in [5, 5.41) is 12.6. The number of hydrogen-bond donors (Lipinski definition) is 2. The van der Waals surface area contributed by atoms with Crippen molar-refractivity contribution in [3.63, 3.8) is 0 Å². The molecule has 0 atom stereocenters. The number of aliphatic hydroxyl groups excluding tert-OH is 1. The summed E-state index contributed by atoms with van der Waals surface area (Å²) in [5.41, 5.74) is 0.550. The lowest BCUT2D eigenvalue weighted by Gasteiger charge is -2.40. The van der Waals surface area contributed by atoms with E-state index in [1.807, 2.05) is 0 Å². The van der Waals surface area contributed by atoms with Crippen molar-refractivity contribution in [3.05, 3.63) is 24.0 Å². The van der Waals surface area contributed by atoms with Crippen molar-refractivity contribution in [2.45, 2.75) is 12.8 Å². The maximum atomic E-state index is 13.3. The molecule has 0 unspecified atom stereocenters. The predicted molar refractivity (Wildman–Crippen MR) is 73.4 cm³/mol. The third-order valence-electron chi connectivity index (χ3n) is 3.92. The molecule has 1 aliphatic carbocycles. The Labute approximate surface area is 117 Å². The van der Waals surface area contributed by atoms with Gasteiger partial charge in [-0.3, -0.25) is 0 Å². The first-order valence-corrected chi connectivity index (χ1v) is 7.06. The molecule has 0 amide bonds. The van der Waals surface area contributed by atoms with Crippen LogP contribution >= 0.6 is 0 Å². The molecule has 1 heterocycles. The Kier molecular flexibility index (Phi) is 3.81. The highest BCUT2D eigenvalue weighted by Crippen LogP contribution is 2.33. The molecular weight excluding hydrogens is 261 g/mol. The van der Waals surface area contributed by atoms with Crippen LogP contribution in [0.5, 0.6) is 5.75 Å². The third-order valence-corrected chi connectivity index (χ3v) is 3.92. The Morgan fingerprint density at radius 2 is 2.20 bits per heavy atom. The number of aliphatic hydroxyl groups is 1. The first kappa shape index (κ1) is 13.6. The molecule has 5 heteroatoms. The lowest BCUT2D eigenvalue weighted by molar-refractivity contribution is -0.128. The number of hydrogen-bond acceptors (Lipinski definition) is 4. The van der Waals surface area contributed by atoms with E-state index in [2.05, 4.69) is 5.32 Å². The maximum Gasteiger partial charge on any atom is 0.145 e. The normalized spacial score (nSPS) is 20.3. The second kappa shape index (κ2) is 5.58. The largest absolute Gasteiger partial charge is 0.491 e. The fraction of sp³-hybridized carbons (Fsp3) is 0.600. The summed E-state index contributed by atoms with van der Waals surface area (Å²) in [4.78, 5) is 0. The van der Waals surface area contributed by atoms with E-state index in [0.717, 1.165) is 5.69 Å². The summed E-state index contributed by atoms with van der Waals surface area (Å²) in [6.07, 6.45) is 2.39. The quantitative estimate of drug-likeness (QED) is 0.803. The Morgan fingerprint density at radius 3 is 2.80 bits per heavy atom. The average molecular weight is 281 g/mol. The van der Waals surface area contributed by atoms with Crippen LogP contribution in [-0.4, -0.2) is 38.1 Å². The van der Waals surface area contributed by atoms with Gasteiger partial charge in [0.25, 0.3) is 0 Å². The van der Waals surface area contributed by atoms with Gasteiger partial charge >= 0.3 is 0 Å². The van der Waals surface area contributed by atoms with Gasteiger partial charge in [0, 0.05) is 12.6 Å². The Bertz CT molecular complexity index is 467. The van der Waals surface area contributed by atoms with Crippen LogP contribution in [0.3, 0.4) is 0 Å². The molecule has 0 spiro atoms. The number of ether oxygens (including phenoxy) is 2. The molecule has 2 fully saturated rings. The molecule has 0 aromatic heterocycles. The topological polar surface area (TPSA) is 50.7 Å². The molecule has 1 aromatic carbocycles. The van der Waals surface area contributed by atoms with E-state index in [1.165, 1.54) is 25.0 Å². The fourth-order valence-corrected chi connectivity index (χ4v) is 2.18. The highest BCUT2D eigenvalue weighted by Gasteiger charge is 2.38. The van der Waals surface area contributed by atoms with Crippen LogP contribution in [0.4, 0.5) is 10.1 Å². The molecule has 3 rings (SSSR count). The molecule has 20 heavy (non-hydrogen) atoms. The van der Waals surface area contributed by atoms with E-state index in [9.17, 15) is 9.50 Å². The highest BCUT2D eigenvalue weighted by molar-refractivity contribution is 5.56. The van der Waals surface area contributed by atoms with Gasteiger partial charge < -0.3 is 19.9 Å². The number of rotatable bonds is 7. The van der Waals surface area contributed by atoms with E-state index in [-0.39, 0.29) is 17.8 Å². The van der Waals surface area contributed by atoms with Gasteiger partial charge in [0.15, 0.2) is 0 Å². The van der Waals surface area contributed by atoms with Crippen LogP contribution in [0.1, 0.15) is 12.8 Å². The van der Waals surface area contributed by atoms with Crippen LogP contribution in [0.25, 0.3) is 0 Å². The Balaban J connectivity index is 1.64. The fourth-order valence-electron chi connectivity index (χ4n) is 2.18.